The summed E-state index contributed by atoms with van der Waals surface area (Å²) in [6.07, 6.45) is 2.12. The first kappa shape index (κ1) is 20.1. The van der Waals surface area contributed by atoms with Crippen LogP contribution in [0.5, 0.6) is 11.5 Å². The number of ether oxygens (including phenoxy) is 2. The van der Waals surface area contributed by atoms with Crippen LogP contribution >= 0.6 is 0 Å². The van der Waals surface area contributed by atoms with Gasteiger partial charge >= 0.3 is 0 Å². The Morgan fingerprint density at radius 2 is 2.00 bits per heavy atom. The van der Waals surface area contributed by atoms with Crippen LogP contribution < -0.4 is 20.1 Å². The van der Waals surface area contributed by atoms with Crippen molar-refractivity contribution in [3.05, 3.63) is 23.8 Å². The van der Waals surface area contributed by atoms with Crippen LogP contribution in [0.1, 0.15) is 46.1 Å². The Labute approximate surface area is 155 Å². The molecule has 1 aliphatic heterocycles. The van der Waals surface area contributed by atoms with E-state index >= 15 is 0 Å². The highest BCUT2D eigenvalue weighted by Crippen LogP contribution is 2.41. The molecule has 6 heteroatoms. The van der Waals surface area contributed by atoms with Gasteiger partial charge in [-0.25, -0.2) is 0 Å². The fourth-order valence-electron chi connectivity index (χ4n) is 2.80. The summed E-state index contributed by atoms with van der Waals surface area (Å²) >= 11 is 0. The van der Waals surface area contributed by atoms with Crippen molar-refractivity contribution in [2.75, 3.05) is 19.7 Å². The third-order valence-corrected chi connectivity index (χ3v) is 4.13. The lowest BCUT2D eigenvalue weighted by atomic mass is 10.0. The lowest BCUT2D eigenvalue weighted by Crippen LogP contribution is -2.38. The predicted molar refractivity (Wildman–Crippen MR) is 100 cm³/mol. The number of para-hydroxylation sites is 1. The molecule has 0 bridgehead atoms. The summed E-state index contributed by atoms with van der Waals surface area (Å²) in [5, 5.41) is 5.37. The Morgan fingerprint density at radius 1 is 1.23 bits per heavy atom. The second-order valence-electron chi connectivity index (χ2n) is 7.69. The number of hydrogen-bond acceptors (Lipinski definition) is 4. The highest BCUT2D eigenvalue weighted by molar-refractivity contribution is 5.84. The number of carbonyl (C=O) groups is 2. The van der Waals surface area contributed by atoms with Gasteiger partial charge in [-0.2, -0.15) is 0 Å². The van der Waals surface area contributed by atoms with Crippen molar-refractivity contribution in [3.63, 3.8) is 0 Å². The van der Waals surface area contributed by atoms with Crippen molar-refractivity contribution < 1.29 is 19.1 Å². The molecule has 1 heterocycles. The summed E-state index contributed by atoms with van der Waals surface area (Å²) in [4.78, 5) is 23.4. The van der Waals surface area contributed by atoms with Gasteiger partial charge in [0.25, 0.3) is 0 Å². The molecule has 0 radical (unpaired) electrons. The minimum Gasteiger partial charge on any atom is -0.488 e. The van der Waals surface area contributed by atoms with Gasteiger partial charge in [-0.15, -0.1) is 0 Å². The molecule has 0 saturated heterocycles. The minimum absolute atomic E-state index is 0.00500. The summed E-state index contributed by atoms with van der Waals surface area (Å²) in [5.74, 6) is 1.65. The molecule has 2 rings (SSSR count). The molecule has 0 spiro atoms. The molecule has 0 aromatic heterocycles. The molecule has 0 fully saturated rings. The molecule has 1 aromatic rings. The number of amides is 2. The third kappa shape index (κ3) is 6.24. The smallest absolute Gasteiger partial charge is 0.239 e. The number of nitrogens with one attached hydrogen (secondary N) is 2. The second-order valence-corrected chi connectivity index (χ2v) is 7.69. The Hall–Kier alpha value is -2.24. The van der Waals surface area contributed by atoms with Gasteiger partial charge in [0.2, 0.25) is 11.8 Å². The third-order valence-electron chi connectivity index (χ3n) is 4.13. The lowest BCUT2D eigenvalue weighted by Gasteiger charge is -2.18. The molecule has 0 unspecified atom stereocenters. The summed E-state index contributed by atoms with van der Waals surface area (Å²) in [6, 6.07) is 5.86. The van der Waals surface area contributed by atoms with Gasteiger partial charge in [-0.05, 0) is 32.3 Å². The van der Waals surface area contributed by atoms with E-state index in [0.717, 1.165) is 24.2 Å². The van der Waals surface area contributed by atoms with Crippen molar-refractivity contribution in [2.45, 2.75) is 52.6 Å². The monoisotopic (exact) mass is 362 g/mol. The number of rotatable bonds is 9. The summed E-state index contributed by atoms with van der Waals surface area (Å²) in [7, 11) is 0. The van der Waals surface area contributed by atoms with E-state index in [-0.39, 0.29) is 24.0 Å². The van der Waals surface area contributed by atoms with E-state index in [1.54, 1.807) is 0 Å². The summed E-state index contributed by atoms with van der Waals surface area (Å²) in [5.41, 5.74) is 0.921. The maximum absolute atomic E-state index is 11.8. The van der Waals surface area contributed by atoms with Crippen LogP contribution in [0, 0.1) is 5.92 Å². The second kappa shape index (κ2) is 8.92. The Kier molecular flexibility index (Phi) is 6.89. The topological polar surface area (TPSA) is 76.7 Å². The van der Waals surface area contributed by atoms with E-state index in [4.69, 9.17) is 9.47 Å². The molecule has 1 aromatic carbocycles. The van der Waals surface area contributed by atoms with Gasteiger partial charge in [-0.1, -0.05) is 26.0 Å². The van der Waals surface area contributed by atoms with E-state index in [1.807, 2.05) is 32.0 Å². The first-order valence-electron chi connectivity index (χ1n) is 9.24. The largest absolute Gasteiger partial charge is 0.488 e. The van der Waals surface area contributed by atoms with Crippen molar-refractivity contribution in [1.29, 1.82) is 0 Å². The van der Waals surface area contributed by atoms with E-state index in [0.29, 0.717) is 31.2 Å². The zero-order valence-electron chi connectivity index (χ0n) is 16.2. The Balaban J connectivity index is 1.66. The molecular formula is C20H30N2O4. The van der Waals surface area contributed by atoms with E-state index < -0.39 is 0 Å². The van der Waals surface area contributed by atoms with Gasteiger partial charge in [-0.3, -0.25) is 9.59 Å². The van der Waals surface area contributed by atoms with Gasteiger partial charge < -0.3 is 20.1 Å². The molecule has 2 amide bonds. The van der Waals surface area contributed by atoms with Gasteiger partial charge in [0, 0.05) is 18.4 Å². The number of carbonyl (C=O) groups excluding carboxylic acids is 2. The summed E-state index contributed by atoms with van der Waals surface area (Å²) in [6.45, 7) is 8.93. The number of benzene rings is 1. The molecule has 2 N–H and O–H groups in total. The Bertz CT molecular complexity index is 641. The Morgan fingerprint density at radius 3 is 2.73 bits per heavy atom. The normalized spacial score (nSPS) is 14.5. The number of hydrogen-bond donors (Lipinski definition) is 2. The van der Waals surface area contributed by atoms with Gasteiger partial charge in [0.15, 0.2) is 11.5 Å². The first-order chi connectivity index (χ1) is 12.3. The van der Waals surface area contributed by atoms with Crippen LogP contribution in [0.3, 0.4) is 0 Å². The zero-order valence-corrected chi connectivity index (χ0v) is 16.2. The highest BCUT2D eigenvalue weighted by Gasteiger charge is 2.32. The highest BCUT2D eigenvalue weighted by atomic mass is 16.5. The van der Waals surface area contributed by atoms with Crippen LogP contribution in [0.25, 0.3) is 0 Å². The van der Waals surface area contributed by atoms with E-state index in [2.05, 4.69) is 24.5 Å². The average Bonchev–Trinajstić information content (AvgIpc) is 2.89. The predicted octanol–water partition coefficient (Wildman–Crippen LogP) is 2.45. The maximum Gasteiger partial charge on any atom is 0.239 e. The summed E-state index contributed by atoms with van der Waals surface area (Å²) < 4.78 is 11.7. The average molecular weight is 362 g/mol. The molecule has 0 saturated carbocycles. The molecule has 0 aliphatic carbocycles. The van der Waals surface area contributed by atoms with Crippen molar-refractivity contribution >= 4 is 11.8 Å². The molecular weight excluding hydrogens is 332 g/mol. The lowest BCUT2D eigenvalue weighted by molar-refractivity contribution is -0.126. The van der Waals surface area contributed by atoms with Gasteiger partial charge in [0.1, 0.15) is 12.2 Å². The molecule has 6 nitrogen and oxygen atoms in total. The van der Waals surface area contributed by atoms with Crippen molar-refractivity contribution in [2.24, 2.45) is 5.92 Å². The number of fused-ring (bicyclic) bond motifs is 1. The molecule has 0 atom stereocenters. The fraction of sp³-hybridized carbons (Fsp3) is 0.600. The van der Waals surface area contributed by atoms with Crippen LogP contribution in [0.4, 0.5) is 0 Å². The van der Waals surface area contributed by atoms with Crippen LogP contribution in [0.2, 0.25) is 0 Å². The van der Waals surface area contributed by atoms with Crippen LogP contribution in [-0.4, -0.2) is 37.1 Å². The van der Waals surface area contributed by atoms with Gasteiger partial charge in [0.05, 0.1) is 13.1 Å². The maximum atomic E-state index is 11.8. The quantitative estimate of drug-likeness (QED) is 0.662. The van der Waals surface area contributed by atoms with Crippen molar-refractivity contribution in [1.82, 2.24) is 10.6 Å². The molecule has 144 valence electrons. The van der Waals surface area contributed by atoms with Crippen LogP contribution in [-0.2, 0) is 16.0 Å². The molecule has 1 aliphatic rings. The zero-order chi connectivity index (χ0) is 19.2. The minimum atomic E-state index is -0.220. The standard InChI is InChI=1S/C20H30N2O4/c1-14(2)8-9-17(23)22-13-18(24)21-10-11-25-16-7-5-6-15-12-20(3,4)26-19(15)16/h5-7,14H,8-13H2,1-4H3,(H,21,24)(H,22,23). The SMILES string of the molecule is CC(C)CCC(=O)NCC(=O)NCCOc1cccc2c1OC(C)(C)C2. The van der Waals surface area contributed by atoms with E-state index in [1.165, 1.54) is 0 Å². The van der Waals surface area contributed by atoms with Crippen molar-refractivity contribution in [3.8, 4) is 11.5 Å². The molecule has 26 heavy (non-hydrogen) atoms. The fourth-order valence-corrected chi connectivity index (χ4v) is 2.80. The van der Waals surface area contributed by atoms with E-state index in [9.17, 15) is 9.59 Å². The van der Waals surface area contributed by atoms with Crippen LogP contribution in [0.15, 0.2) is 18.2 Å². The first-order valence-corrected chi connectivity index (χ1v) is 9.24.